The first-order chi connectivity index (χ1) is 8.99. The maximum absolute atomic E-state index is 12.6. The molecule has 0 aliphatic heterocycles. The van der Waals surface area contributed by atoms with E-state index in [0.29, 0.717) is 18.8 Å². The minimum atomic E-state index is -4.40. The lowest BCUT2D eigenvalue weighted by molar-refractivity contribution is -0.138. The van der Waals surface area contributed by atoms with Crippen molar-refractivity contribution in [3.05, 3.63) is 23.8 Å². The lowest BCUT2D eigenvalue weighted by Gasteiger charge is -2.14. The molecule has 1 rings (SSSR count). The molecule has 3 nitrogen and oxygen atoms in total. The van der Waals surface area contributed by atoms with Gasteiger partial charge in [-0.2, -0.15) is 13.2 Å². The van der Waals surface area contributed by atoms with Crippen molar-refractivity contribution in [3.8, 4) is 5.75 Å². The number of ether oxygens (including phenoxy) is 1. The topological polar surface area (TPSA) is 47.3 Å². The van der Waals surface area contributed by atoms with Crippen LogP contribution in [-0.4, -0.2) is 20.2 Å². The molecule has 0 atom stereocenters. The van der Waals surface area contributed by atoms with Gasteiger partial charge in [-0.1, -0.05) is 6.42 Å². The normalized spacial score (nSPS) is 11.4. The number of methoxy groups -OCH3 is 1. The number of anilines is 1. The number of unbranched alkanes of at least 4 members (excludes halogenated alkanes) is 2. The molecular formula is C13H19F3N2O. The molecule has 0 saturated carbocycles. The molecule has 0 heterocycles. The van der Waals surface area contributed by atoms with Crippen LogP contribution in [0.15, 0.2) is 18.2 Å². The third-order valence-electron chi connectivity index (χ3n) is 2.72. The number of nitrogens with one attached hydrogen (secondary N) is 1. The fraction of sp³-hybridized carbons (Fsp3) is 0.538. The van der Waals surface area contributed by atoms with Crippen LogP contribution in [-0.2, 0) is 6.18 Å². The standard InChI is InChI=1S/C13H19F3N2O/c1-19-12-9-10(18-8-4-2-3-7-17)5-6-11(12)13(14,15)16/h5-6,9,18H,2-4,7-8,17H2,1H3. The zero-order valence-electron chi connectivity index (χ0n) is 10.9. The molecule has 6 heteroatoms. The van der Waals surface area contributed by atoms with Crippen LogP contribution in [0.25, 0.3) is 0 Å². The highest BCUT2D eigenvalue weighted by atomic mass is 19.4. The Hall–Kier alpha value is -1.43. The number of benzene rings is 1. The van der Waals surface area contributed by atoms with Gasteiger partial charge < -0.3 is 15.8 Å². The van der Waals surface area contributed by atoms with E-state index < -0.39 is 11.7 Å². The highest BCUT2D eigenvalue weighted by molar-refractivity contribution is 5.52. The van der Waals surface area contributed by atoms with E-state index in [-0.39, 0.29) is 5.75 Å². The Bertz CT molecular complexity index is 394. The lowest BCUT2D eigenvalue weighted by Crippen LogP contribution is -2.09. The van der Waals surface area contributed by atoms with E-state index in [0.717, 1.165) is 25.3 Å². The van der Waals surface area contributed by atoms with Crippen LogP contribution in [0.5, 0.6) is 5.75 Å². The van der Waals surface area contributed by atoms with Crippen LogP contribution in [0.4, 0.5) is 18.9 Å². The molecule has 1 aromatic carbocycles. The quantitative estimate of drug-likeness (QED) is 0.751. The van der Waals surface area contributed by atoms with E-state index in [9.17, 15) is 13.2 Å². The monoisotopic (exact) mass is 276 g/mol. The highest BCUT2D eigenvalue weighted by Gasteiger charge is 2.34. The largest absolute Gasteiger partial charge is 0.496 e. The van der Waals surface area contributed by atoms with Gasteiger partial charge in [0, 0.05) is 18.3 Å². The number of nitrogens with two attached hydrogens (primary N) is 1. The molecule has 0 spiro atoms. The number of rotatable bonds is 7. The van der Waals surface area contributed by atoms with E-state index in [2.05, 4.69) is 5.32 Å². The van der Waals surface area contributed by atoms with Gasteiger partial charge in [0.2, 0.25) is 0 Å². The molecule has 0 aromatic heterocycles. The third-order valence-corrected chi connectivity index (χ3v) is 2.72. The molecule has 19 heavy (non-hydrogen) atoms. The van der Waals surface area contributed by atoms with Crippen molar-refractivity contribution < 1.29 is 17.9 Å². The maximum Gasteiger partial charge on any atom is 0.419 e. The second kappa shape index (κ2) is 7.23. The molecular weight excluding hydrogens is 257 g/mol. The molecule has 3 N–H and O–H groups in total. The summed E-state index contributed by atoms with van der Waals surface area (Å²) >= 11 is 0. The summed E-state index contributed by atoms with van der Waals surface area (Å²) in [5.74, 6) is -0.167. The van der Waals surface area contributed by atoms with Crippen molar-refractivity contribution in [1.29, 1.82) is 0 Å². The SMILES string of the molecule is COc1cc(NCCCCCN)ccc1C(F)(F)F. The highest BCUT2D eigenvalue weighted by Crippen LogP contribution is 2.37. The van der Waals surface area contributed by atoms with Crippen molar-refractivity contribution in [2.75, 3.05) is 25.5 Å². The van der Waals surface area contributed by atoms with Crippen LogP contribution in [0, 0.1) is 0 Å². The summed E-state index contributed by atoms with van der Waals surface area (Å²) in [6.07, 6.45) is -1.51. The Labute approximate surface area is 110 Å². The predicted octanol–water partition coefficient (Wildman–Crippen LogP) is 3.25. The van der Waals surface area contributed by atoms with Crippen LogP contribution in [0.3, 0.4) is 0 Å². The van der Waals surface area contributed by atoms with E-state index in [1.54, 1.807) is 0 Å². The molecule has 1 aromatic rings. The predicted molar refractivity (Wildman–Crippen MR) is 69.4 cm³/mol. The van der Waals surface area contributed by atoms with Gasteiger partial charge in [0.15, 0.2) is 0 Å². The first-order valence-electron chi connectivity index (χ1n) is 6.18. The van der Waals surface area contributed by atoms with Gasteiger partial charge in [-0.3, -0.25) is 0 Å². The fourth-order valence-electron chi connectivity index (χ4n) is 1.71. The molecule has 0 unspecified atom stereocenters. The summed E-state index contributed by atoms with van der Waals surface area (Å²) < 4.78 is 42.7. The lowest BCUT2D eigenvalue weighted by atomic mass is 10.1. The van der Waals surface area contributed by atoms with E-state index >= 15 is 0 Å². The Morgan fingerprint density at radius 3 is 2.53 bits per heavy atom. The zero-order valence-corrected chi connectivity index (χ0v) is 10.9. The third kappa shape index (κ3) is 4.98. The summed E-state index contributed by atoms with van der Waals surface area (Å²) in [4.78, 5) is 0. The average molecular weight is 276 g/mol. The van der Waals surface area contributed by atoms with E-state index in [1.807, 2.05) is 0 Å². The van der Waals surface area contributed by atoms with Crippen LogP contribution < -0.4 is 15.8 Å². The molecule has 0 saturated heterocycles. The smallest absolute Gasteiger partial charge is 0.419 e. The molecule has 0 bridgehead atoms. The van der Waals surface area contributed by atoms with Gasteiger partial charge in [-0.25, -0.2) is 0 Å². The molecule has 108 valence electrons. The number of hydrogen-bond donors (Lipinski definition) is 2. The Morgan fingerprint density at radius 2 is 1.95 bits per heavy atom. The van der Waals surface area contributed by atoms with Gasteiger partial charge in [0.25, 0.3) is 0 Å². The van der Waals surface area contributed by atoms with Crippen molar-refractivity contribution in [2.24, 2.45) is 5.73 Å². The second-order valence-electron chi connectivity index (χ2n) is 4.19. The number of halogens is 3. The minimum absolute atomic E-state index is 0.167. The number of hydrogen-bond acceptors (Lipinski definition) is 3. The summed E-state index contributed by atoms with van der Waals surface area (Å²) in [6, 6.07) is 3.81. The zero-order chi connectivity index (χ0) is 14.3. The molecule has 0 fully saturated rings. The first kappa shape index (κ1) is 15.6. The van der Waals surface area contributed by atoms with Gasteiger partial charge in [0.05, 0.1) is 12.7 Å². The van der Waals surface area contributed by atoms with Crippen molar-refractivity contribution in [2.45, 2.75) is 25.4 Å². The molecule has 0 amide bonds. The number of alkyl halides is 3. The van der Waals surface area contributed by atoms with Crippen molar-refractivity contribution >= 4 is 5.69 Å². The summed E-state index contributed by atoms with van der Waals surface area (Å²) in [6.45, 7) is 1.36. The summed E-state index contributed by atoms with van der Waals surface area (Å²) in [5, 5.41) is 3.07. The summed E-state index contributed by atoms with van der Waals surface area (Å²) in [5.41, 5.74) is 5.24. The average Bonchev–Trinajstić information content (AvgIpc) is 2.37. The fourth-order valence-corrected chi connectivity index (χ4v) is 1.71. The van der Waals surface area contributed by atoms with E-state index in [4.69, 9.17) is 10.5 Å². The van der Waals surface area contributed by atoms with Gasteiger partial charge >= 0.3 is 6.18 Å². The van der Waals surface area contributed by atoms with Gasteiger partial charge in [0.1, 0.15) is 5.75 Å². The minimum Gasteiger partial charge on any atom is -0.496 e. The van der Waals surface area contributed by atoms with Crippen molar-refractivity contribution in [1.82, 2.24) is 0 Å². The molecule has 0 radical (unpaired) electrons. The van der Waals surface area contributed by atoms with E-state index in [1.165, 1.54) is 19.2 Å². The Morgan fingerprint density at radius 1 is 1.21 bits per heavy atom. The molecule has 0 aliphatic rings. The summed E-state index contributed by atoms with van der Waals surface area (Å²) in [7, 11) is 1.23. The first-order valence-corrected chi connectivity index (χ1v) is 6.18. The van der Waals surface area contributed by atoms with Gasteiger partial charge in [-0.05, 0) is 31.5 Å². The molecule has 0 aliphatic carbocycles. The van der Waals surface area contributed by atoms with Crippen LogP contribution >= 0.6 is 0 Å². The Balaban J connectivity index is 2.62. The second-order valence-corrected chi connectivity index (χ2v) is 4.19. The van der Waals surface area contributed by atoms with Crippen LogP contribution in [0.2, 0.25) is 0 Å². The van der Waals surface area contributed by atoms with Crippen molar-refractivity contribution in [3.63, 3.8) is 0 Å². The Kier molecular flexibility index (Phi) is 5.95. The maximum atomic E-state index is 12.6. The van der Waals surface area contributed by atoms with Crippen LogP contribution in [0.1, 0.15) is 24.8 Å². The van der Waals surface area contributed by atoms with Gasteiger partial charge in [-0.15, -0.1) is 0 Å².